The third-order valence-corrected chi connectivity index (χ3v) is 11.0. The lowest BCUT2D eigenvalue weighted by Crippen LogP contribution is -2.14. The number of rotatable bonds is 5. The third-order valence-electron chi connectivity index (χ3n) is 11.0. The summed E-state index contributed by atoms with van der Waals surface area (Å²) in [6, 6.07) is 58.7. The molecular formula is C50H35N3. The highest BCUT2D eigenvalue weighted by atomic mass is 14.9. The number of hydrogen-bond acceptors (Lipinski definition) is 3. The first kappa shape index (κ1) is 31.1. The van der Waals surface area contributed by atoms with Crippen LogP contribution in [0.3, 0.4) is 0 Å². The van der Waals surface area contributed by atoms with E-state index in [9.17, 15) is 0 Å². The number of hydrogen-bond donors (Lipinski definition) is 0. The van der Waals surface area contributed by atoms with Crippen LogP contribution in [0.15, 0.2) is 176 Å². The number of benzene rings is 7. The van der Waals surface area contributed by atoms with Crippen molar-refractivity contribution in [1.29, 1.82) is 0 Å². The van der Waals surface area contributed by atoms with Crippen molar-refractivity contribution < 1.29 is 0 Å². The van der Waals surface area contributed by atoms with Crippen LogP contribution in [0.5, 0.6) is 0 Å². The summed E-state index contributed by atoms with van der Waals surface area (Å²) in [5.74, 6) is 0.714. The van der Waals surface area contributed by atoms with Crippen LogP contribution in [-0.2, 0) is 5.41 Å². The summed E-state index contributed by atoms with van der Waals surface area (Å²) in [5.41, 5.74) is 14.7. The largest absolute Gasteiger partial charge is 0.264 e. The third kappa shape index (κ3) is 5.16. The van der Waals surface area contributed by atoms with Gasteiger partial charge in [0.1, 0.15) is 0 Å². The van der Waals surface area contributed by atoms with Crippen molar-refractivity contribution in [2.45, 2.75) is 19.3 Å². The second-order valence-corrected chi connectivity index (χ2v) is 14.5. The van der Waals surface area contributed by atoms with Gasteiger partial charge in [-0.25, -0.2) is 9.97 Å². The maximum Gasteiger partial charge on any atom is 0.160 e. The Morgan fingerprint density at radius 1 is 0.415 bits per heavy atom. The first-order valence-corrected chi connectivity index (χ1v) is 18.2. The second kappa shape index (κ2) is 12.2. The molecule has 0 amide bonds. The molecule has 0 spiro atoms. The average Bonchev–Trinajstić information content (AvgIpc) is 3.45. The Balaban J connectivity index is 1.16. The quantitative estimate of drug-likeness (QED) is 0.182. The van der Waals surface area contributed by atoms with Crippen molar-refractivity contribution in [1.82, 2.24) is 15.0 Å². The van der Waals surface area contributed by atoms with Crippen LogP contribution < -0.4 is 0 Å². The molecular weight excluding hydrogens is 643 g/mol. The zero-order chi connectivity index (χ0) is 35.5. The highest BCUT2D eigenvalue weighted by Gasteiger charge is 2.37. The Bertz CT molecular complexity index is 2840. The number of pyridine rings is 1. The Morgan fingerprint density at radius 3 is 1.81 bits per heavy atom. The Hall–Kier alpha value is -6.71. The second-order valence-electron chi connectivity index (χ2n) is 14.5. The molecule has 0 saturated carbocycles. The topological polar surface area (TPSA) is 38.7 Å². The van der Waals surface area contributed by atoms with E-state index in [1.165, 1.54) is 49.5 Å². The molecule has 7 aromatic carbocycles. The van der Waals surface area contributed by atoms with Crippen LogP contribution in [0.4, 0.5) is 0 Å². The number of aromatic nitrogens is 3. The highest BCUT2D eigenvalue weighted by Crippen LogP contribution is 2.53. The fraction of sp³-hybridized carbons (Fsp3) is 0.0600. The molecule has 3 nitrogen and oxygen atoms in total. The first-order valence-electron chi connectivity index (χ1n) is 18.2. The van der Waals surface area contributed by atoms with Gasteiger partial charge >= 0.3 is 0 Å². The predicted molar refractivity (Wildman–Crippen MR) is 220 cm³/mol. The van der Waals surface area contributed by atoms with Crippen LogP contribution in [0.1, 0.15) is 25.0 Å². The molecule has 0 unspecified atom stereocenters. The van der Waals surface area contributed by atoms with Crippen molar-refractivity contribution in [3.8, 4) is 67.3 Å². The summed E-state index contributed by atoms with van der Waals surface area (Å²) in [6.07, 6.45) is 3.72. The smallest absolute Gasteiger partial charge is 0.160 e. The van der Waals surface area contributed by atoms with Gasteiger partial charge in [0.2, 0.25) is 0 Å². The molecule has 1 aliphatic carbocycles. The maximum absolute atomic E-state index is 5.32. The van der Waals surface area contributed by atoms with Crippen molar-refractivity contribution in [3.63, 3.8) is 0 Å². The molecule has 0 saturated heterocycles. The SMILES string of the molecule is CC1(C)c2cc3ccccc3cc2-c2c(-c3cc(-c4ccc(-c5ccc(-c6cccnc6)cc5)c5ccccc45)nc(-c4ccccc4)n3)cccc21. The van der Waals surface area contributed by atoms with E-state index in [0.717, 1.165) is 44.6 Å². The maximum atomic E-state index is 5.32. The standard InChI is InChI=1S/C50H35N3/c1-50(2)44-20-10-19-42(48(44)43-28-35-14-6-7-15-36(35)29-45(43)50)47-30-46(52-49(53-47)34-12-4-3-5-13-34)41-26-25-38(39-17-8-9-18-40(39)41)33-23-21-32(22-24-33)37-16-11-27-51-31-37/h3-31H,1-2H3. The summed E-state index contributed by atoms with van der Waals surface area (Å²) >= 11 is 0. The molecule has 0 radical (unpaired) electrons. The number of fused-ring (bicyclic) bond motifs is 5. The summed E-state index contributed by atoms with van der Waals surface area (Å²) in [5, 5.41) is 4.85. The average molecular weight is 678 g/mol. The zero-order valence-corrected chi connectivity index (χ0v) is 29.6. The van der Waals surface area contributed by atoms with Gasteiger partial charge in [-0.2, -0.15) is 0 Å². The molecule has 10 rings (SSSR count). The van der Waals surface area contributed by atoms with Crippen LogP contribution in [0, 0.1) is 0 Å². The van der Waals surface area contributed by atoms with Gasteiger partial charge in [-0.15, -0.1) is 0 Å². The van der Waals surface area contributed by atoms with Gasteiger partial charge in [-0.3, -0.25) is 4.98 Å². The summed E-state index contributed by atoms with van der Waals surface area (Å²) in [7, 11) is 0. The van der Waals surface area contributed by atoms with Gasteiger partial charge in [0.25, 0.3) is 0 Å². The van der Waals surface area contributed by atoms with Crippen LogP contribution >= 0.6 is 0 Å². The predicted octanol–water partition coefficient (Wildman–Crippen LogP) is 12.8. The lowest BCUT2D eigenvalue weighted by Gasteiger charge is -2.22. The zero-order valence-electron chi connectivity index (χ0n) is 29.6. The summed E-state index contributed by atoms with van der Waals surface area (Å²) in [4.78, 5) is 14.9. The van der Waals surface area contributed by atoms with Gasteiger partial charge < -0.3 is 0 Å². The summed E-state index contributed by atoms with van der Waals surface area (Å²) in [6.45, 7) is 4.69. The minimum absolute atomic E-state index is 0.148. The van der Waals surface area contributed by atoms with E-state index in [4.69, 9.17) is 9.97 Å². The molecule has 0 bridgehead atoms. The Kier molecular flexibility index (Phi) is 7.16. The van der Waals surface area contributed by atoms with E-state index in [-0.39, 0.29) is 5.41 Å². The normalized spacial score (nSPS) is 12.9. The minimum atomic E-state index is -0.148. The van der Waals surface area contributed by atoms with Gasteiger partial charge in [0.15, 0.2) is 5.82 Å². The molecule has 1 aliphatic rings. The van der Waals surface area contributed by atoms with Crippen LogP contribution in [-0.4, -0.2) is 15.0 Å². The van der Waals surface area contributed by atoms with Crippen molar-refractivity contribution in [3.05, 3.63) is 187 Å². The van der Waals surface area contributed by atoms with Crippen LogP contribution in [0.25, 0.3) is 88.8 Å². The van der Waals surface area contributed by atoms with Gasteiger partial charge in [-0.1, -0.05) is 153 Å². The molecule has 0 N–H and O–H groups in total. The molecule has 3 heteroatoms. The van der Waals surface area contributed by atoms with E-state index in [0.29, 0.717) is 5.82 Å². The van der Waals surface area contributed by atoms with E-state index >= 15 is 0 Å². The molecule has 2 aromatic heterocycles. The highest BCUT2D eigenvalue weighted by molar-refractivity contribution is 6.05. The lowest BCUT2D eigenvalue weighted by molar-refractivity contribution is 0.661. The van der Waals surface area contributed by atoms with Gasteiger partial charge in [0, 0.05) is 34.5 Å². The van der Waals surface area contributed by atoms with Crippen LogP contribution in [0.2, 0.25) is 0 Å². The minimum Gasteiger partial charge on any atom is -0.264 e. The van der Waals surface area contributed by atoms with E-state index in [1.807, 2.05) is 24.5 Å². The fourth-order valence-electron chi connectivity index (χ4n) is 8.28. The Labute approximate surface area is 309 Å². The summed E-state index contributed by atoms with van der Waals surface area (Å²) < 4.78 is 0. The molecule has 2 heterocycles. The van der Waals surface area contributed by atoms with Crippen molar-refractivity contribution in [2.24, 2.45) is 0 Å². The molecule has 53 heavy (non-hydrogen) atoms. The van der Waals surface area contributed by atoms with Crippen molar-refractivity contribution in [2.75, 3.05) is 0 Å². The fourth-order valence-corrected chi connectivity index (χ4v) is 8.28. The lowest BCUT2D eigenvalue weighted by atomic mass is 9.81. The van der Waals surface area contributed by atoms with E-state index in [1.54, 1.807) is 0 Å². The Morgan fingerprint density at radius 2 is 1.06 bits per heavy atom. The van der Waals surface area contributed by atoms with Crippen molar-refractivity contribution >= 4 is 21.5 Å². The van der Waals surface area contributed by atoms with E-state index in [2.05, 4.69) is 170 Å². The molecule has 0 aliphatic heterocycles. The molecule has 250 valence electrons. The molecule has 9 aromatic rings. The molecule has 0 atom stereocenters. The monoisotopic (exact) mass is 677 g/mol. The van der Waals surface area contributed by atoms with Gasteiger partial charge in [0.05, 0.1) is 11.4 Å². The van der Waals surface area contributed by atoms with Gasteiger partial charge in [-0.05, 0) is 90.3 Å². The first-order chi connectivity index (χ1) is 26.0. The number of nitrogens with zero attached hydrogens (tertiary/aromatic N) is 3. The van der Waals surface area contributed by atoms with E-state index < -0.39 is 0 Å². The molecule has 0 fully saturated rings.